The van der Waals surface area contributed by atoms with Crippen LogP contribution in [0.25, 0.3) is 0 Å². The van der Waals surface area contributed by atoms with Crippen molar-refractivity contribution in [1.82, 2.24) is 0 Å². The lowest BCUT2D eigenvalue weighted by Crippen LogP contribution is -2.26. The molecule has 1 aliphatic heterocycles. The topological polar surface area (TPSA) is 38.5 Å². The lowest BCUT2D eigenvalue weighted by atomic mass is 10.0. The van der Waals surface area contributed by atoms with E-state index >= 15 is 0 Å². The van der Waals surface area contributed by atoms with Crippen molar-refractivity contribution in [2.75, 3.05) is 25.1 Å². The lowest BCUT2D eigenvalue weighted by Gasteiger charge is -2.23. The Hall–Kier alpha value is -0.580. The van der Waals surface area contributed by atoms with Crippen LogP contribution in [-0.4, -0.2) is 32.3 Å². The molecule has 1 aromatic rings. The standard InChI is InChI=1S/C15H23BrN2O/c1-3-13(17)8-11-4-5-12(16)9-15(11)18-7-6-14(10-18)19-2/h4-5,9,13-14H,3,6-8,10,17H2,1-2H3. The average Bonchev–Trinajstić information content (AvgIpc) is 2.89. The molecule has 0 radical (unpaired) electrons. The zero-order valence-corrected chi connectivity index (χ0v) is 13.3. The van der Waals surface area contributed by atoms with Crippen molar-refractivity contribution in [2.45, 2.75) is 38.3 Å². The van der Waals surface area contributed by atoms with Gasteiger partial charge in [0.05, 0.1) is 6.10 Å². The average molecular weight is 327 g/mol. The predicted molar refractivity (Wildman–Crippen MR) is 83.7 cm³/mol. The Balaban J connectivity index is 2.20. The van der Waals surface area contributed by atoms with Gasteiger partial charge in [0.25, 0.3) is 0 Å². The monoisotopic (exact) mass is 326 g/mol. The molecule has 106 valence electrons. The first-order chi connectivity index (χ1) is 9.13. The number of nitrogens with two attached hydrogens (primary N) is 1. The molecule has 0 aromatic heterocycles. The summed E-state index contributed by atoms with van der Waals surface area (Å²) >= 11 is 3.57. The minimum atomic E-state index is 0.237. The number of hydrogen-bond donors (Lipinski definition) is 1. The van der Waals surface area contributed by atoms with Gasteiger partial charge in [0.15, 0.2) is 0 Å². The van der Waals surface area contributed by atoms with E-state index in [9.17, 15) is 0 Å². The molecule has 0 amide bonds. The maximum atomic E-state index is 6.11. The van der Waals surface area contributed by atoms with E-state index < -0.39 is 0 Å². The van der Waals surface area contributed by atoms with Crippen LogP contribution < -0.4 is 10.6 Å². The van der Waals surface area contributed by atoms with Crippen LogP contribution in [-0.2, 0) is 11.2 Å². The summed E-state index contributed by atoms with van der Waals surface area (Å²) in [7, 11) is 1.79. The SMILES string of the molecule is CCC(N)Cc1ccc(Br)cc1N1CCC(OC)C1. The van der Waals surface area contributed by atoms with Crippen LogP contribution in [0.2, 0.25) is 0 Å². The van der Waals surface area contributed by atoms with Gasteiger partial charge in [-0.15, -0.1) is 0 Å². The van der Waals surface area contributed by atoms with E-state index in [4.69, 9.17) is 10.5 Å². The van der Waals surface area contributed by atoms with Gasteiger partial charge in [0.1, 0.15) is 0 Å². The maximum absolute atomic E-state index is 6.11. The number of hydrogen-bond acceptors (Lipinski definition) is 3. The zero-order chi connectivity index (χ0) is 13.8. The van der Waals surface area contributed by atoms with Crippen LogP contribution in [0.15, 0.2) is 22.7 Å². The van der Waals surface area contributed by atoms with E-state index in [1.807, 2.05) is 0 Å². The van der Waals surface area contributed by atoms with Gasteiger partial charge in [-0.1, -0.05) is 28.9 Å². The largest absolute Gasteiger partial charge is 0.380 e. The van der Waals surface area contributed by atoms with E-state index in [1.54, 1.807) is 7.11 Å². The van der Waals surface area contributed by atoms with Crippen LogP contribution >= 0.6 is 15.9 Å². The molecule has 2 atom stereocenters. The summed E-state index contributed by atoms with van der Waals surface area (Å²) in [5.41, 5.74) is 8.75. The summed E-state index contributed by atoms with van der Waals surface area (Å²) in [6, 6.07) is 6.73. The van der Waals surface area contributed by atoms with Crippen molar-refractivity contribution in [3.63, 3.8) is 0 Å². The Kier molecular flexibility index (Phi) is 5.25. The summed E-state index contributed by atoms with van der Waals surface area (Å²) < 4.78 is 6.58. The number of ether oxygens (including phenoxy) is 1. The van der Waals surface area contributed by atoms with Crippen molar-refractivity contribution >= 4 is 21.6 Å². The van der Waals surface area contributed by atoms with Gasteiger partial charge in [-0.05, 0) is 37.0 Å². The predicted octanol–water partition coefficient (Wildman–Crippen LogP) is 2.95. The fourth-order valence-corrected chi connectivity index (χ4v) is 2.92. The molecule has 19 heavy (non-hydrogen) atoms. The van der Waals surface area contributed by atoms with Crippen LogP contribution in [0.4, 0.5) is 5.69 Å². The summed E-state index contributed by atoms with van der Waals surface area (Å²) in [6.07, 6.45) is 3.40. The van der Waals surface area contributed by atoms with Crippen molar-refractivity contribution in [3.8, 4) is 0 Å². The molecule has 2 N–H and O–H groups in total. The quantitative estimate of drug-likeness (QED) is 0.904. The summed E-state index contributed by atoms with van der Waals surface area (Å²) in [5.74, 6) is 0. The second kappa shape index (κ2) is 6.73. The third kappa shape index (κ3) is 3.71. The summed E-state index contributed by atoms with van der Waals surface area (Å²) in [6.45, 7) is 4.17. The molecule has 2 rings (SSSR count). The molecular weight excluding hydrogens is 304 g/mol. The Morgan fingerprint density at radius 3 is 2.95 bits per heavy atom. The number of benzene rings is 1. The molecule has 1 heterocycles. The lowest BCUT2D eigenvalue weighted by molar-refractivity contribution is 0.121. The normalized spacial score (nSPS) is 20.8. The minimum absolute atomic E-state index is 0.237. The van der Waals surface area contributed by atoms with Gasteiger partial charge in [0.2, 0.25) is 0 Å². The number of methoxy groups -OCH3 is 1. The second-order valence-electron chi connectivity index (χ2n) is 5.24. The molecule has 4 heteroatoms. The maximum Gasteiger partial charge on any atom is 0.0762 e. The van der Waals surface area contributed by atoms with Crippen molar-refractivity contribution in [2.24, 2.45) is 5.73 Å². The molecule has 1 aliphatic rings. The van der Waals surface area contributed by atoms with E-state index in [0.717, 1.165) is 36.8 Å². The highest BCUT2D eigenvalue weighted by molar-refractivity contribution is 9.10. The highest BCUT2D eigenvalue weighted by Gasteiger charge is 2.24. The fourth-order valence-electron chi connectivity index (χ4n) is 2.57. The third-order valence-electron chi connectivity index (χ3n) is 3.87. The number of halogens is 1. The molecule has 2 unspecified atom stereocenters. The van der Waals surface area contributed by atoms with Gasteiger partial charge in [-0.25, -0.2) is 0 Å². The molecular formula is C15H23BrN2O. The number of rotatable bonds is 5. The molecule has 1 aromatic carbocycles. The Labute approximate surface area is 124 Å². The summed E-state index contributed by atoms with van der Waals surface area (Å²) in [4.78, 5) is 2.41. The summed E-state index contributed by atoms with van der Waals surface area (Å²) in [5, 5.41) is 0. The number of nitrogens with zero attached hydrogens (tertiary/aromatic N) is 1. The molecule has 0 aliphatic carbocycles. The van der Waals surface area contributed by atoms with Gasteiger partial charge in [0, 0.05) is 36.4 Å². The first-order valence-corrected chi connectivity index (χ1v) is 7.75. The van der Waals surface area contributed by atoms with Gasteiger partial charge in [-0.2, -0.15) is 0 Å². The smallest absolute Gasteiger partial charge is 0.0762 e. The van der Waals surface area contributed by atoms with Gasteiger partial charge < -0.3 is 15.4 Å². The number of anilines is 1. The van der Waals surface area contributed by atoms with Crippen LogP contribution in [0.3, 0.4) is 0 Å². The highest BCUT2D eigenvalue weighted by Crippen LogP contribution is 2.29. The minimum Gasteiger partial charge on any atom is -0.380 e. The zero-order valence-electron chi connectivity index (χ0n) is 11.7. The first kappa shape index (κ1) is 14.8. The molecule has 0 saturated carbocycles. The van der Waals surface area contributed by atoms with Crippen LogP contribution in [0.1, 0.15) is 25.3 Å². The first-order valence-electron chi connectivity index (χ1n) is 6.95. The van der Waals surface area contributed by atoms with Gasteiger partial charge in [-0.3, -0.25) is 0 Å². The molecule has 0 bridgehead atoms. The van der Waals surface area contributed by atoms with E-state index in [2.05, 4.69) is 46.0 Å². The van der Waals surface area contributed by atoms with Crippen molar-refractivity contribution < 1.29 is 4.74 Å². The highest BCUT2D eigenvalue weighted by atomic mass is 79.9. The molecule has 1 saturated heterocycles. The molecule has 3 nitrogen and oxygen atoms in total. The Morgan fingerprint density at radius 2 is 2.32 bits per heavy atom. The van der Waals surface area contributed by atoms with E-state index in [1.165, 1.54) is 11.3 Å². The van der Waals surface area contributed by atoms with Crippen LogP contribution in [0.5, 0.6) is 0 Å². The van der Waals surface area contributed by atoms with E-state index in [0.29, 0.717) is 6.10 Å². The molecule has 0 spiro atoms. The second-order valence-corrected chi connectivity index (χ2v) is 6.15. The Bertz CT molecular complexity index is 425. The van der Waals surface area contributed by atoms with Crippen molar-refractivity contribution in [3.05, 3.63) is 28.2 Å². The van der Waals surface area contributed by atoms with Crippen LogP contribution in [0, 0.1) is 0 Å². The Morgan fingerprint density at radius 1 is 1.53 bits per heavy atom. The fraction of sp³-hybridized carbons (Fsp3) is 0.600. The van der Waals surface area contributed by atoms with E-state index in [-0.39, 0.29) is 6.04 Å². The third-order valence-corrected chi connectivity index (χ3v) is 4.37. The molecule has 1 fully saturated rings. The van der Waals surface area contributed by atoms with Gasteiger partial charge >= 0.3 is 0 Å². The van der Waals surface area contributed by atoms with Crippen molar-refractivity contribution in [1.29, 1.82) is 0 Å².